The van der Waals surface area contributed by atoms with Crippen LogP contribution in [0.5, 0.6) is 5.75 Å². The van der Waals surface area contributed by atoms with Crippen molar-refractivity contribution in [2.75, 3.05) is 20.2 Å². The zero-order valence-electron chi connectivity index (χ0n) is 12.9. The van der Waals surface area contributed by atoms with Gasteiger partial charge in [0.05, 0.1) is 7.11 Å². The van der Waals surface area contributed by atoms with Gasteiger partial charge in [0.1, 0.15) is 5.75 Å². The number of fused-ring (bicyclic) bond motifs is 1. The van der Waals surface area contributed by atoms with E-state index in [0.717, 1.165) is 31.8 Å². The summed E-state index contributed by atoms with van der Waals surface area (Å²) in [5, 5.41) is 3.19. The molecule has 1 amide bonds. The van der Waals surface area contributed by atoms with Crippen LogP contribution in [0.15, 0.2) is 18.2 Å². The smallest absolute Gasteiger partial charge is 0.220 e. The molecule has 0 radical (unpaired) electrons. The molecule has 0 bridgehead atoms. The van der Waals surface area contributed by atoms with Gasteiger partial charge in [-0.1, -0.05) is 12.1 Å². The van der Waals surface area contributed by atoms with Gasteiger partial charge in [0.2, 0.25) is 5.91 Å². The van der Waals surface area contributed by atoms with Crippen molar-refractivity contribution in [3.8, 4) is 5.75 Å². The van der Waals surface area contributed by atoms with Crippen molar-refractivity contribution in [2.45, 2.75) is 38.8 Å². The lowest BCUT2D eigenvalue weighted by molar-refractivity contribution is -0.121. The van der Waals surface area contributed by atoms with E-state index in [0.29, 0.717) is 18.4 Å². The van der Waals surface area contributed by atoms with E-state index in [9.17, 15) is 4.79 Å². The van der Waals surface area contributed by atoms with E-state index in [1.807, 2.05) is 6.07 Å². The molecule has 0 spiro atoms. The first kappa shape index (κ1) is 14.4. The fourth-order valence-corrected chi connectivity index (χ4v) is 3.65. The highest BCUT2D eigenvalue weighted by Crippen LogP contribution is 2.27. The predicted octanol–water partition coefficient (Wildman–Crippen LogP) is 2.10. The molecular weight excluding hydrogens is 264 g/mol. The van der Waals surface area contributed by atoms with Crippen molar-refractivity contribution in [2.24, 2.45) is 5.92 Å². The highest BCUT2D eigenvalue weighted by molar-refractivity contribution is 5.76. The summed E-state index contributed by atoms with van der Waals surface area (Å²) < 4.78 is 5.31. The monoisotopic (exact) mass is 288 g/mol. The molecule has 0 saturated carbocycles. The molecular formula is C17H24N2O2. The molecule has 2 aliphatic heterocycles. The molecule has 4 heteroatoms. The Morgan fingerprint density at radius 1 is 1.38 bits per heavy atom. The van der Waals surface area contributed by atoms with Gasteiger partial charge in [-0.2, -0.15) is 0 Å². The molecule has 0 aromatic heterocycles. The number of amides is 1. The lowest BCUT2D eigenvalue weighted by atomic mass is 9.99. The maximum Gasteiger partial charge on any atom is 0.220 e. The van der Waals surface area contributed by atoms with Crippen molar-refractivity contribution in [1.82, 2.24) is 10.2 Å². The zero-order chi connectivity index (χ0) is 14.8. The first-order valence-corrected chi connectivity index (χ1v) is 7.81. The third kappa shape index (κ3) is 3.21. The van der Waals surface area contributed by atoms with E-state index in [1.165, 1.54) is 17.5 Å². The molecule has 1 N–H and O–H groups in total. The first-order valence-electron chi connectivity index (χ1n) is 7.81. The molecule has 2 aliphatic rings. The third-order valence-corrected chi connectivity index (χ3v) is 4.71. The average molecular weight is 288 g/mol. The zero-order valence-corrected chi connectivity index (χ0v) is 12.9. The minimum atomic E-state index is 0.227. The Morgan fingerprint density at radius 3 is 3.00 bits per heavy atom. The SMILES string of the molecule is COc1ccc(CN2C[C@H]3CCCC(=O)N[C@H]3C2)cc1C. The van der Waals surface area contributed by atoms with Crippen LogP contribution >= 0.6 is 0 Å². The van der Waals surface area contributed by atoms with Crippen LogP contribution in [0.1, 0.15) is 30.4 Å². The summed E-state index contributed by atoms with van der Waals surface area (Å²) in [4.78, 5) is 14.1. The van der Waals surface area contributed by atoms with Crippen molar-refractivity contribution in [3.63, 3.8) is 0 Å². The summed E-state index contributed by atoms with van der Waals surface area (Å²) in [6, 6.07) is 6.73. The van der Waals surface area contributed by atoms with Gasteiger partial charge in [-0.25, -0.2) is 0 Å². The molecule has 4 nitrogen and oxygen atoms in total. The van der Waals surface area contributed by atoms with Gasteiger partial charge in [0.25, 0.3) is 0 Å². The van der Waals surface area contributed by atoms with Crippen molar-refractivity contribution >= 4 is 5.91 Å². The van der Waals surface area contributed by atoms with Gasteiger partial charge in [-0.05, 0) is 42.9 Å². The van der Waals surface area contributed by atoms with Gasteiger partial charge < -0.3 is 10.1 Å². The standard InChI is InChI=1S/C17H24N2O2/c1-12-8-13(6-7-16(12)21-2)9-19-10-14-4-3-5-17(20)18-15(14)11-19/h6-8,14-15H,3-5,9-11H2,1-2H3,(H,18,20)/t14-,15+/m1/s1. The maximum absolute atomic E-state index is 11.7. The Hall–Kier alpha value is -1.55. The Kier molecular flexibility index (Phi) is 4.15. The van der Waals surface area contributed by atoms with Gasteiger partial charge >= 0.3 is 0 Å². The quantitative estimate of drug-likeness (QED) is 0.926. The summed E-state index contributed by atoms with van der Waals surface area (Å²) >= 11 is 0. The number of rotatable bonds is 3. The highest BCUT2D eigenvalue weighted by atomic mass is 16.5. The lowest BCUT2D eigenvalue weighted by Crippen LogP contribution is -2.38. The summed E-state index contributed by atoms with van der Waals surface area (Å²) in [5.74, 6) is 1.79. The maximum atomic E-state index is 11.7. The van der Waals surface area contributed by atoms with Crippen LogP contribution in [0.25, 0.3) is 0 Å². The van der Waals surface area contributed by atoms with Crippen LogP contribution in [0.2, 0.25) is 0 Å². The molecule has 0 unspecified atom stereocenters. The number of nitrogens with one attached hydrogen (secondary N) is 1. The normalized spacial score (nSPS) is 26.1. The summed E-state index contributed by atoms with van der Waals surface area (Å²) in [6.07, 6.45) is 2.90. The number of carbonyl (C=O) groups excluding carboxylic acids is 1. The molecule has 1 aromatic rings. The predicted molar refractivity (Wildman–Crippen MR) is 82.3 cm³/mol. The second kappa shape index (κ2) is 6.06. The van der Waals surface area contributed by atoms with E-state index in [4.69, 9.17) is 4.74 Å². The molecule has 2 saturated heterocycles. The molecule has 2 heterocycles. The number of methoxy groups -OCH3 is 1. The van der Waals surface area contributed by atoms with Gasteiger partial charge in [0, 0.05) is 32.1 Å². The number of hydrogen-bond acceptors (Lipinski definition) is 3. The second-order valence-corrected chi connectivity index (χ2v) is 6.32. The second-order valence-electron chi connectivity index (χ2n) is 6.32. The number of nitrogens with zero attached hydrogens (tertiary/aromatic N) is 1. The summed E-state index contributed by atoms with van der Waals surface area (Å²) in [7, 11) is 1.71. The number of carbonyl (C=O) groups is 1. The van der Waals surface area contributed by atoms with E-state index in [-0.39, 0.29) is 5.91 Å². The van der Waals surface area contributed by atoms with Crippen LogP contribution in [0, 0.1) is 12.8 Å². The summed E-state index contributed by atoms with van der Waals surface area (Å²) in [5.41, 5.74) is 2.49. The van der Waals surface area contributed by atoms with Gasteiger partial charge in [-0.15, -0.1) is 0 Å². The van der Waals surface area contributed by atoms with Crippen LogP contribution in [-0.4, -0.2) is 37.0 Å². The van der Waals surface area contributed by atoms with Crippen LogP contribution in [0.4, 0.5) is 0 Å². The first-order chi connectivity index (χ1) is 10.2. The molecule has 2 atom stereocenters. The number of likely N-dealkylation sites (tertiary alicyclic amines) is 1. The molecule has 114 valence electrons. The minimum absolute atomic E-state index is 0.227. The van der Waals surface area contributed by atoms with Gasteiger partial charge in [-0.3, -0.25) is 9.69 Å². The Bertz CT molecular complexity index is 530. The molecule has 0 aliphatic carbocycles. The van der Waals surface area contributed by atoms with E-state index >= 15 is 0 Å². The van der Waals surface area contributed by atoms with E-state index < -0.39 is 0 Å². The number of ether oxygens (including phenoxy) is 1. The number of aryl methyl sites for hydroxylation is 1. The topological polar surface area (TPSA) is 41.6 Å². The lowest BCUT2D eigenvalue weighted by Gasteiger charge is -2.17. The Labute approximate surface area is 126 Å². The number of hydrogen-bond donors (Lipinski definition) is 1. The Morgan fingerprint density at radius 2 is 2.24 bits per heavy atom. The Balaban J connectivity index is 1.64. The van der Waals surface area contributed by atoms with Crippen LogP contribution in [0.3, 0.4) is 0 Å². The average Bonchev–Trinajstić information content (AvgIpc) is 2.72. The van der Waals surface area contributed by atoms with Crippen LogP contribution in [-0.2, 0) is 11.3 Å². The molecule has 1 aromatic carbocycles. The van der Waals surface area contributed by atoms with Crippen molar-refractivity contribution < 1.29 is 9.53 Å². The van der Waals surface area contributed by atoms with Crippen molar-refractivity contribution in [3.05, 3.63) is 29.3 Å². The number of benzene rings is 1. The highest BCUT2D eigenvalue weighted by Gasteiger charge is 2.34. The van der Waals surface area contributed by atoms with E-state index in [2.05, 4.69) is 29.3 Å². The van der Waals surface area contributed by atoms with E-state index in [1.54, 1.807) is 7.11 Å². The third-order valence-electron chi connectivity index (χ3n) is 4.71. The molecule has 21 heavy (non-hydrogen) atoms. The fraction of sp³-hybridized carbons (Fsp3) is 0.588. The fourth-order valence-electron chi connectivity index (χ4n) is 3.65. The molecule has 2 fully saturated rings. The van der Waals surface area contributed by atoms with Gasteiger partial charge in [0.15, 0.2) is 0 Å². The summed E-state index contributed by atoms with van der Waals surface area (Å²) in [6.45, 7) is 5.10. The minimum Gasteiger partial charge on any atom is -0.496 e. The van der Waals surface area contributed by atoms with Crippen LogP contribution < -0.4 is 10.1 Å². The molecule has 3 rings (SSSR count). The largest absolute Gasteiger partial charge is 0.496 e. The van der Waals surface area contributed by atoms with Crippen molar-refractivity contribution in [1.29, 1.82) is 0 Å².